The number of aromatic nitrogens is 1. The first kappa shape index (κ1) is 16.7. The first-order valence-corrected chi connectivity index (χ1v) is 7.64. The Morgan fingerprint density at radius 2 is 1.82 bits per heavy atom. The summed E-state index contributed by atoms with van der Waals surface area (Å²) in [4.78, 5) is 11.9. The number of pyridine rings is 1. The summed E-state index contributed by atoms with van der Waals surface area (Å²) < 4.78 is 76.9. The topological polar surface area (TPSA) is 65.4 Å². The minimum absolute atomic E-state index is 0.0109. The molecule has 0 bridgehead atoms. The Hall–Kier alpha value is -1.62. The van der Waals surface area contributed by atoms with Crippen LogP contribution in [-0.4, -0.2) is 18.5 Å². The van der Waals surface area contributed by atoms with Crippen molar-refractivity contribution in [1.82, 2.24) is 4.57 Å². The van der Waals surface area contributed by atoms with Gasteiger partial charge >= 0.3 is 15.6 Å². The van der Waals surface area contributed by atoms with Crippen molar-refractivity contribution in [3.05, 3.63) is 38.8 Å². The molecule has 2 rings (SSSR count). The molecule has 11 heteroatoms. The fourth-order valence-electron chi connectivity index (χ4n) is 1.66. The number of hydrogen-bond donors (Lipinski definition) is 0. The Morgan fingerprint density at radius 1 is 1.23 bits per heavy atom. The summed E-state index contributed by atoms with van der Waals surface area (Å²) in [6, 6.07) is 2.95. The lowest BCUT2D eigenvalue weighted by Crippen LogP contribution is -2.31. The van der Waals surface area contributed by atoms with E-state index in [0.717, 1.165) is 23.7 Å². The van der Waals surface area contributed by atoms with Crippen LogP contribution >= 0.6 is 15.9 Å². The third-order valence-electron chi connectivity index (χ3n) is 2.72. The number of aryl methyl sites for hydroxylation is 1. The number of fused-ring (bicyclic) bond motifs is 1. The minimum Gasteiger partial charge on any atom is -0.370 e. The Bertz CT molecular complexity index is 920. The second-order valence-electron chi connectivity index (χ2n) is 4.18. The smallest absolute Gasteiger partial charge is 0.370 e. The van der Waals surface area contributed by atoms with Gasteiger partial charge in [0.1, 0.15) is 5.82 Å². The lowest BCUT2D eigenvalue weighted by Gasteiger charge is -2.12. The van der Waals surface area contributed by atoms with Gasteiger partial charge in [-0.1, -0.05) is 0 Å². The molecule has 0 spiro atoms. The fourth-order valence-corrected chi connectivity index (χ4v) is 2.47. The lowest BCUT2D eigenvalue weighted by atomic mass is 10.2. The summed E-state index contributed by atoms with van der Waals surface area (Å²) in [5, 5.41) is 0.114. The van der Waals surface area contributed by atoms with Gasteiger partial charge in [0.15, 0.2) is 0 Å². The second kappa shape index (κ2) is 5.23. The van der Waals surface area contributed by atoms with Crippen LogP contribution in [0.4, 0.5) is 17.6 Å². The molecule has 0 saturated heterocycles. The molecule has 0 aliphatic heterocycles. The van der Waals surface area contributed by atoms with Crippen LogP contribution in [0.25, 0.3) is 10.9 Å². The number of nitrogens with zero attached hydrogens (tertiary/aromatic N) is 1. The number of alkyl halides is 3. The Balaban J connectivity index is 2.70. The van der Waals surface area contributed by atoms with Crippen LogP contribution in [0.1, 0.15) is 0 Å². The summed E-state index contributed by atoms with van der Waals surface area (Å²) in [7, 11) is -4.83. The largest absolute Gasteiger partial charge is 0.534 e. The number of halogens is 5. The predicted molar refractivity (Wildman–Crippen MR) is 72.4 cm³/mol. The molecular weight excluding hydrogens is 398 g/mol. The fraction of sp³-hybridized carbons (Fsp3) is 0.182. The Kier molecular flexibility index (Phi) is 3.98. The summed E-state index contributed by atoms with van der Waals surface area (Å²) in [5.74, 6) is -1.73. The monoisotopic (exact) mass is 403 g/mol. The standard InChI is InChI=1S/C11H6BrF4NO4S/c1-17-8-4-7(13)6(12)2-5(8)3-9(10(17)18)21-22(19,20)11(14,15)16/h2-4H,1H3. The van der Waals surface area contributed by atoms with E-state index in [1.165, 1.54) is 6.07 Å². The maximum absolute atomic E-state index is 13.5. The van der Waals surface area contributed by atoms with E-state index < -0.39 is 32.8 Å². The van der Waals surface area contributed by atoms with Gasteiger partial charge in [0.2, 0.25) is 5.75 Å². The summed E-state index contributed by atoms with van der Waals surface area (Å²) >= 11 is 2.88. The van der Waals surface area contributed by atoms with E-state index in [-0.39, 0.29) is 15.4 Å². The van der Waals surface area contributed by atoms with Crippen molar-refractivity contribution in [2.24, 2.45) is 7.05 Å². The maximum Gasteiger partial charge on any atom is 0.534 e. The molecule has 0 saturated carbocycles. The van der Waals surface area contributed by atoms with Gasteiger partial charge in [0.25, 0.3) is 5.56 Å². The van der Waals surface area contributed by atoms with Crippen molar-refractivity contribution in [2.45, 2.75) is 5.51 Å². The van der Waals surface area contributed by atoms with Crippen LogP contribution in [0.5, 0.6) is 5.75 Å². The summed E-state index contributed by atoms with van der Waals surface area (Å²) in [6.45, 7) is 0. The molecule has 0 atom stereocenters. The highest BCUT2D eigenvalue weighted by atomic mass is 79.9. The van der Waals surface area contributed by atoms with E-state index in [9.17, 15) is 30.8 Å². The Labute approximate surface area is 129 Å². The van der Waals surface area contributed by atoms with Gasteiger partial charge in [-0.3, -0.25) is 4.79 Å². The average molecular weight is 404 g/mol. The normalized spacial score (nSPS) is 12.6. The van der Waals surface area contributed by atoms with Crippen molar-refractivity contribution in [2.75, 3.05) is 0 Å². The molecule has 2 aromatic rings. The van der Waals surface area contributed by atoms with E-state index in [1.54, 1.807) is 0 Å². The molecule has 0 radical (unpaired) electrons. The molecule has 0 fully saturated rings. The zero-order valence-corrected chi connectivity index (χ0v) is 13.0. The minimum atomic E-state index is -5.98. The summed E-state index contributed by atoms with van der Waals surface area (Å²) in [6.07, 6.45) is 0. The average Bonchev–Trinajstić information content (AvgIpc) is 2.37. The van der Waals surface area contributed by atoms with Crippen molar-refractivity contribution in [1.29, 1.82) is 0 Å². The van der Waals surface area contributed by atoms with Crippen molar-refractivity contribution in [3.8, 4) is 5.75 Å². The molecule has 0 unspecified atom stereocenters. The molecule has 0 amide bonds. The number of benzene rings is 1. The molecule has 0 aliphatic rings. The van der Waals surface area contributed by atoms with Gasteiger partial charge in [-0.05, 0) is 34.1 Å². The van der Waals surface area contributed by atoms with E-state index in [4.69, 9.17) is 0 Å². The first-order valence-electron chi connectivity index (χ1n) is 5.43. The zero-order valence-electron chi connectivity index (χ0n) is 10.6. The molecule has 0 N–H and O–H groups in total. The third kappa shape index (κ3) is 2.82. The molecule has 1 heterocycles. The maximum atomic E-state index is 13.5. The van der Waals surface area contributed by atoms with E-state index in [2.05, 4.69) is 20.1 Å². The highest BCUT2D eigenvalue weighted by Crippen LogP contribution is 2.28. The lowest BCUT2D eigenvalue weighted by molar-refractivity contribution is -0.0500. The van der Waals surface area contributed by atoms with Gasteiger partial charge in [-0.2, -0.15) is 21.6 Å². The molecule has 5 nitrogen and oxygen atoms in total. The van der Waals surface area contributed by atoms with Gasteiger partial charge in [0.05, 0.1) is 9.99 Å². The van der Waals surface area contributed by atoms with Crippen molar-refractivity contribution >= 4 is 37.0 Å². The van der Waals surface area contributed by atoms with Gasteiger partial charge < -0.3 is 8.75 Å². The van der Waals surface area contributed by atoms with Crippen LogP contribution < -0.4 is 9.74 Å². The molecule has 120 valence electrons. The van der Waals surface area contributed by atoms with E-state index >= 15 is 0 Å². The molecule has 0 aliphatic carbocycles. The van der Waals surface area contributed by atoms with Gasteiger partial charge in [-0.15, -0.1) is 0 Å². The molecular formula is C11H6BrF4NO4S. The van der Waals surface area contributed by atoms with E-state index in [0.29, 0.717) is 0 Å². The summed E-state index contributed by atoms with van der Waals surface area (Å²) in [5.41, 5.74) is -6.76. The van der Waals surface area contributed by atoms with Crippen LogP contribution in [0, 0.1) is 5.82 Å². The SMILES string of the molecule is Cn1c(=O)c(OS(=O)(=O)C(F)(F)F)cc2cc(Br)c(F)cc21. The van der Waals surface area contributed by atoms with Gasteiger partial charge in [-0.25, -0.2) is 4.39 Å². The van der Waals surface area contributed by atoms with Crippen LogP contribution in [0.2, 0.25) is 0 Å². The predicted octanol–water partition coefficient (Wildman–Crippen LogP) is 2.67. The molecule has 1 aromatic carbocycles. The molecule has 1 aromatic heterocycles. The van der Waals surface area contributed by atoms with Gasteiger partial charge in [0, 0.05) is 12.4 Å². The third-order valence-corrected chi connectivity index (χ3v) is 4.29. The quantitative estimate of drug-likeness (QED) is 0.439. The Morgan fingerprint density at radius 3 is 2.36 bits per heavy atom. The second-order valence-corrected chi connectivity index (χ2v) is 6.57. The highest BCUT2D eigenvalue weighted by Gasteiger charge is 2.49. The van der Waals surface area contributed by atoms with Crippen molar-refractivity contribution < 1.29 is 30.2 Å². The van der Waals surface area contributed by atoms with Crippen LogP contribution in [0.15, 0.2) is 27.5 Å². The van der Waals surface area contributed by atoms with Crippen LogP contribution in [0.3, 0.4) is 0 Å². The molecule has 22 heavy (non-hydrogen) atoms. The van der Waals surface area contributed by atoms with E-state index in [1.807, 2.05) is 0 Å². The zero-order chi connectivity index (χ0) is 16.9. The number of rotatable bonds is 2. The first-order chi connectivity index (χ1) is 9.94. The van der Waals surface area contributed by atoms with Crippen molar-refractivity contribution in [3.63, 3.8) is 0 Å². The van der Waals surface area contributed by atoms with Crippen LogP contribution in [-0.2, 0) is 17.2 Å². The number of hydrogen-bond acceptors (Lipinski definition) is 4. The highest BCUT2D eigenvalue weighted by molar-refractivity contribution is 9.10.